The third kappa shape index (κ3) is 12.9. The van der Waals surface area contributed by atoms with Gasteiger partial charge < -0.3 is 15.2 Å². The van der Waals surface area contributed by atoms with E-state index in [-0.39, 0.29) is 0 Å². The van der Waals surface area contributed by atoms with Crippen molar-refractivity contribution in [1.29, 1.82) is 10.5 Å². The number of hydrogen-bond acceptors (Lipinski definition) is 7. The molecule has 234 valence electrons. The first-order valence-electron chi connectivity index (χ1n) is 14.6. The van der Waals surface area contributed by atoms with Crippen molar-refractivity contribution in [2.45, 2.75) is 38.9 Å². The van der Waals surface area contributed by atoms with E-state index >= 15 is 0 Å². The minimum Gasteiger partial charge on any atom is -0.319 e. The Bertz CT molecular complexity index is 1540. The lowest BCUT2D eigenvalue weighted by atomic mass is 9.91. The zero-order chi connectivity index (χ0) is 33.1. The van der Waals surface area contributed by atoms with E-state index in [1.54, 1.807) is 11.8 Å². The highest BCUT2D eigenvalue weighted by atomic mass is 127. The molecule has 0 bridgehead atoms. The van der Waals surface area contributed by atoms with Crippen LogP contribution in [-0.4, -0.2) is 55.0 Å². The maximum Gasteiger partial charge on any atom is 0.300 e. The van der Waals surface area contributed by atoms with E-state index in [0.29, 0.717) is 4.70 Å². The molecule has 1 atom stereocenters. The summed E-state index contributed by atoms with van der Waals surface area (Å²) in [5.41, 5.74) is 5.07. The zero-order valence-corrected chi connectivity index (χ0v) is 32.1. The van der Waals surface area contributed by atoms with Gasteiger partial charge >= 0.3 is 0 Å². The third-order valence-electron chi connectivity index (χ3n) is 6.86. The SMILES string of the molecule is CCB(I)N(C)P.CNCCS.CNCCSc1c(C#N)cc2ccccc2c1C.Cc1c(C#N)cc2ccccc2c1C. The van der Waals surface area contributed by atoms with Crippen LogP contribution in [0.1, 0.15) is 34.7 Å². The lowest BCUT2D eigenvalue weighted by Crippen LogP contribution is -2.18. The van der Waals surface area contributed by atoms with Crippen molar-refractivity contribution in [3.8, 4) is 12.1 Å². The highest BCUT2D eigenvalue weighted by Crippen LogP contribution is 2.32. The van der Waals surface area contributed by atoms with Gasteiger partial charge in [0, 0.05) is 29.5 Å². The summed E-state index contributed by atoms with van der Waals surface area (Å²) in [6, 6.07) is 24.9. The molecule has 10 heteroatoms. The Labute approximate surface area is 291 Å². The largest absolute Gasteiger partial charge is 0.319 e. The molecule has 0 heterocycles. The third-order valence-corrected chi connectivity index (χ3v) is 11.0. The number of rotatable bonds is 8. The lowest BCUT2D eigenvalue weighted by molar-refractivity contribution is 0.871. The number of nitrogens with zero attached hydrogens (tertiary/aromatic N) is 3. The van der Waals surface area contributed by atoms with Gasteiger partial charge in [-0.3, -0.25) is 0 Å². The van der Waals surface area contributed by atoms with Crippen molar-refractivity contribution in [1.82, 2.24) is 15.2 Å². The van der Waals surface area contributed by atoms with Gasteiger partial charge in [-0.05, 0) is 92.3 Å². The minimum atomic E-state index is 0.669. The predicted molar refractivity (Wildman–Crippen MR) is 212 cm³/mol. The average Bonchev–Trinajstić information content (AvgIpc) is 3.04. The predicted octanol–water partition coefficient (Wildman–Crippen LogP) is 8.45. The molecule has 0 saturated heterocycles. The molecule has 44 heavy (non-hydrogen) atoms. The maximum absolute atomic E-state index is 9.28. The summed E-state index contributed by atoms with van der Waals surface area (Å²) in [6.07, 6.45) is 1.21. The number of nitriles is 2. The molecule has 2 N–H and O–H groups in total. The summed E-state index contributed by atoms with van der Waals surface area (Å²) >= 11 is 8.09. The quantitative estimate of drug-likeness (QED) is 0.0419. The number of fused-ring (bicyclic) bond motifs is 2. The van der Waals surface area contributed by atoms with E-state index in [1.165, 1.54) is 28.2 Å². The Kier molecular flexibility index (Phi) is 20.7. The molecule has 0 aromatic heterocycles. The van der Waals surface area contributed by atoms with Gasteiger partial charge in [-0.2, -0.15) is 23.2 Å². The molecule has 0 aliphatic heterocycles. The van der Waals surface area contributed by atoms with Crippen LogP contribution in [0, 0.1) is 43.4 Å². The molecule has 5 nitrogen and oxygen atoms in total. The second-order valence-corrected chi connectivity index (χ2v) is 13.8. The molecule has 1 unspecified atom stereocenters. The molecule has 0 fully saturated rings. The summed E-state index contributed by atoms with van der Waals surface area (Å²) in [5.74, 6) is 1.90. The normalized spacial score (nSPS) is 10.0. The Morgan fingerprint density at radius 1 is 0.864 bits per heavy atom. The summed E-state index contributed by atoms with van der Waals surface area (Å²) in [4.78, 5) is 1.12. The van der Waals surface area contributed by atoms with Gasteiger partial charge in [-0.15, -0.1) is 34.1 Å². The lowest BCUT2D eigenvalue weighted by Gasteiger charge is -2.11. The molecule has 4 aromatic rings. The van der Waals surface area contributed by atoms with Crippen molar-refractivity contribution in [3.63, 3.8) is 0 Å². The van der Waals surface area contributed by atoms with E-state index in [0.717, 1.165) is 57.0 Å². The second kappa shape index (κ2) is 22.7. The minimum absolute atomic E-state index is 0.669. The topological polar surface area (TPSA) is 74.9 Å². The van der Waals surface area contributed by atoms with Crippen molar-refractivity contribution >= 4 is 82.4 Å². The summed E-state index contributed by atoms with van der Waals surface area (Å²) in [7, 11) is 8.56. The fraction of sp³-hybridized carbons (Fsp3) is 0.353. The van der Waals surface area contributed by atoms with E-state index in [9.17, 15) is 5.26 Å². The van der Waals surface area contributed by atoms with E-state index in [2.05, 4.69) is 118 Å². The molecular formula is C34H46BIN5PS2. The van der Waals surface area contributed by atoms with Gasteiger partial charge in [0.2, 0.25) is 0 Å². The van der Waals surface area contributed by atoms with Crippen LogP contribution in [0.3, 0.4) is 0 Å². The standard InChI is InChI=1S/C15H16N2S.C13H11N.C3H10BINP.C3H9NS/c1-11-14-6-4-3-5-12(14)9-13(10-16)15(11)18-8-7-17-2;1-9-10(2)13-6-4-3-5-11(13)7-12(9)8-14;1-3-4(5)6(2)7;1-4-2-3-5/h3-6,9,17H,7-8H2,1-2H3;3-7H,1-2H3;3,7H2,1-2H3;4-5H,2-3H2,1H3. The van der Waals surface area contributed by atoms with Gasteiger partial charge in [0.25, 0.3) is 4.70 Å². The van der Waals surface area contributed by atoms with E-state index in [1.807, 2.05) is 63.5 Å². The van der Waals surface area contributed by atoms with Crippen LogP contribution >= 0.6 is 56.2 Å². The van der Waals surface area contributed by atoms with Crippen molar-refractivity contribution < 1.29 is 0 Å². The molecule has 4 aromatic carbocycles. The fourth-order valence-corrected chi connectivity index (χ4v) is 5.71. The molecule has 0 saturated carbocycles. The fourth-order valence-electron chi connectivity index (χ4n) is 4.18. The number of hydrogen-bond donors (Lipinski definition) is 3. The average molecular weight is 758 g/mol. The highest BCUT2D eigenvalue weighted by Gasteiger charge is 2.10. The van der Waals surface area contributed by atoms with Gasteiger partial charge in [0.05, 0.1) is 17.2 Å². The first-order valence-corrected chi connectivity index (χ1v) is 18.0. The number of thiol groups is 1. The van der Waals surface area contributed by atoms with Gasteiger partial charge in [0.1, 0.15) is 6.07 Å². The van der Waals surface area contributed by atoms with Crippen LogP contribution in [0.4, 0.5) is 0 Å². The number of benzene rings is 4. The van der Waals surface area contributed by atoms with Crippen LogP contribution in [-0.2, 0) is 0 Å². The molecule has 0 aliphatic rings. The molecular weight excluding hydrogens is 711 g/mol. The molecule has 0 aliphatic carbocycles. The van der Waals surface area contributed by atoms with Crippen LogP contribution in [0.5, 0.6) is 0 Å². The Balaban J connectivity index is 0.000000329. The Morgan fingerprint density at radius 2 is 1.36 bits per heavy atom. The molecule has 4 rings (SSSR count). The van der Waals surface area contributed by atoms with E-state index < -0.39 is 0 Å². The number of nitrogens with one attached hydrogen (secondary N) is 2. The molecule has 0 amide bonds. The maximum atomic E-state index is 9.28. The molecule has 0 spiro atoms. The number of aryl methyl sites for hydroxylation is 2. The summed E-state index contributed by atoms with van der Waals surface area (Å²) < 4.78 is 2.79. The molecule has 0 radical (unpaired) electrons. The summed E-state index contributed by atoms with van der Waals surface area (Å²) in [6.45, 7) is 10.3. The first kappa shape index (κ1) is 40.2. The van der Waals surface area contributed by atoms with E-state index in [4.69, 9.17) is 5.26 Å². The monoisotopic (exact) mass is 757 g/mol. The Morgan fingerprint density at radius 3 is 1.77 bits per heavy atom. The zero-order valence-electron chi connectivity index (χ0n) is 27.0. The van der Waals surface area contributed by atoms with Crippen LogP contribution in [0.15, 0.2) is 65.6 Å². The van der Waals surface area contributed by atoms with Crippen LogP contribution in [0.2, 0.25) is 6.32 Å². The number of halogens is 1. The Hall–Kier alpha value is -1.82. The van der Waals surface area contributed by atoms with Crippen molar-refractivity contribution in [3.05, 3.63) is 88.5 Å². The van der Waals surface area contributed by atoms with Crippen LogP contribution < -0.4 is 10.6 Å². The van der Waals surface area contributed by atoms with Crippen molar-refractivity contribution in [2.24, 2.45) is 0 Å². The smallest absolute Gasteiger partial charge is 0.300 e. The van der Waals surface area contributed by atoms with Gasteiger partial charge in [0.15, 0.2) is 0 Å². The van der Waals surface area contributed by atoms with Crippen molar-refractivity contribution in [2.75, 3.05) is 45.7 Å². The summed E-state index contributed by atoms with van der Waals surface area (Å²) in [5, 5.41) is 29.1. The van der Waals surface area contributed by atoms with Crippen LogP contribution in [0.25, 0.3) is 21.5 Å². The van der Waals surface area contributed by atoms with Gasteiger partial charge in [-0.25, -0.2) is 0 Å². The van der Waals surface area contributed by atoms with Gasteiger partial charge in [-0.1, -0.05) is 71.2 Å². The first-order chi connectivity index (χ1) is 21.1. The number of thioether (sulfide) groups is 1. The highest BCUT2D eigenvalue weighted by molar-refractivity contribution is 14.1. The second-order valence-electron chi connectivity index (χ2n) is 10.0.